The van der Waals surface area contributed by atoms with Gasteiger partial charge in [0.05, 0.1) is 18.8 Å². The van der Waals surface area contributed by atoms with Gasteiger partial charge in [-0.1, -0.05) is 27.2 Å². The predicted octanol–water partition coefficient (Wildman–Crippen LogP) is 2.34. The quantitative estimate of drug-likeness (QED) is 0.782. The first-order valence-corrected chi connectivity index (χ1v) is 5.81. The third-order valence-electron chi connectivity index (χ3n) is 3.17. The molecule has 0 aliphatic rings. The molecule has 0 aromatic carbocycles. The molecule has 0 bridgehead atoms. The molecule has 0 radical (unpaired) electrons. The first-order chi connectivity index (χ1) is 7.16. The van der Waals surface area contributed by atoms with Gasteiger partial charge in [-0.2, -0.15) is 5.10 Å². The smallest absolute Gasteiger partial charge is 0.0683 e. The van der Waals surface area contributed by atoms with Crippen LogP contribution in [0, 0.1) is 0 Å². The second-order valence-electron chi connectivity index (χ2n) is 4.35. The van der Waals surface area contributed by atoms with E-state index in [0.717, 1.165) is 12.1 Å². The van der Waals surface area contributed by atoms with E-state index in [1.54, 1.807) is 0 Å². The fourth-order valence-corrected chi connectivity index (χ4v) is 1.95. The molecule has 0 saturated heterocycles. The summed E-state index contributed by atoms with van der Waals surface area (Å²) in [4.78, 5) is 0. The van der Waals surface area contributed by atoms with Gasteiger partial charge < -0.3 is 5.11 Å². The van der Waals surface area contributed by atoms with E-state index < -0.39 is 0 Å². The third-order valence-corrected chi connectivity index (χ3v) is 3.17. The van der Waals surface area contributed by atoms with Gasteiger partial charge in [-0.3, -0.25) is 4.68 Å². The van der Waals surface area contributed by atoms with E-state index in [0.29, 0.717) is 6.54 Å². The number of rotatable bonds is 6. The Labute approximate surface area is 92.1 Å². The van der Waals surface area contributed by atoms with E-state index in [1.807, 2.05) is 10.9 Å². The van der Waals surface area contributed by atoms with Crippen LogP contribution in [-0.4, -0.2) is 21.5 Å². The highest BCUT2D eigenvalue weighted by Gasteiger charge is 2.25. The van der Waals surface area contributed by atoms with Crippen molar-refractivity contribution in [2.24, 2.45) is 0 Å². The van der Waals surface area contributed by atoms with E-state index in [1.165, 1.54) is 12.8 Å². The Kier molecular flexibility index (Phi) is 4.33. The second-order valence-corrected chi connectivity index (χ2v) is 4.35. The van der Waals surface area contributed by atoms with Crippen LogP contribution in [0.25, 0.3) is 0 Å². The standard InChI is InChI=1S/C12H22N2O/c1-4-7-12(3,5-2)11-6-8-14(13-11)9-10-15/h6,8,15H,4-5,7,9-10H2,1-3H3. The van der Waals surface area contributed by atoms with Gasteiger partial charge in [0.15, 0.2) is 0 Å². The molecule has 1 heterocycles. The normalized spacial score (nSPS) is 15.2. The summed E-state index contributed by atoms with van der Waals surface area (Å²) in [5.74, 6) is 0. The van der Waals surface area contributed by atoms with Crippen LogP contribution >= 0.6 is 0 Å². The number of aromatic nitrogens is 2. The molecule has 3 heteroatoms. The molecule has 1 rings (SSSR count). The van der Waals surface area contributed by atoms with Gasteiger partial charge in [-0.15, -0.1) is 0 Å². The summed E-state index contributed by atoms with van der Waals surface area (Å²) >= 11 is 0. The Morgan fingerprint density at radius 2 is 2.20 bits per heavy atom. The summed E-state index contributed by atoms with van der Waals surface area (Å²) in [6, 6.07) is 2.08. The van der Waals surface area contributed by atoms with Gasteiger partial charge >= 0.3 is 0 Å². The topological polar surface area (TPSA) is 38.0 Å². The van der Waals surface area contributed by atoms with E-state index >= 15 is 0 Å². The maximum atomic E-state index is 8.83. The lowest BCUT2D eigenvalue weighted by molar-refractivity contribution is 0.267. The average Bonchev–Trinajstić information content (AvgIpc) is 2.68. The monoisotopic (exact) mass is 210 g/mol. The van der Waals surface area contributed by atoms with Gasteiger partial charge in [0.25, 0.3) is 0 Å². The molecule has 86 valence electrons. The van der Waals surface area contributed by atoms with Gasteiger partial charge in [-0.05, 0) is 18.9 Å². The molecular formula is C12H22N2O. The van der Waals surface area contributed by atoms with Gasteiger partial charge in [0.2, 0.25) is 0 Å². The maximum absolute atomic E-state index is 8.83. The van der Waals surface area contributed by atoms with Crippen molar-refractivity contribution in [2.75, 3.05) is 6.61 Å². The van der Waals surface area contributed by atoms with Gasteiger partial charge in [0, 0.05) is 11.6 Å². The van der Waals surface area contributed by atoms with Crippen LogP contribution in [0.2, 0.25) is 0 Å². The Morgan fingerprint density at radius 1 is 1.47 bits per heavy atom. The van der Waals surface area contributed by atoms with E-state index in [9.17, 15) is 0 Å². The highest BCUT2D eigenvalue weighted by molar-refractivity contribution is 5.13. The van der Waals surface area contributed by atoms with Crippen molar-refractivity contribution < 1.29 is 5.11 Å². The van der Waals surface area contributed by atoms with Crippen molar-refractivity contribution in [3.8, 4) is 0 Å². The lowest BCUT2D eigenvalue weighted by Crippen LogP contribution is -2.21. The molecule has 1 unspecified atom stereocenters. The van der Waals surface area contributed by atoms with E-state index in [2.05, 4.69) is 31.9 Å². The fraction of sp³-hybridized carbons (Fsp3) is 0.750. The van der Waals surface area contributed by atoms with Crippen molar-refractivity contribution >= 4 is 0 Å². The highest BCUT2D eigenvalue weighted by atomic mass is 16.3. The minimum atomic E-state index is 0.151. The lowest BCUT2D eigenvalue weighted by Gasteiger charge is -2.25. The molecule has 0 fully saturated rings. The van der Waals surface area contributed by atoms with E-state index in [4.69, 9.17) is 5.11 Å². The largest absolute Gasteiger partial charge is 0.394 e. The molecule has 0 spiro atoms. The molecule has 0 amide bonds. The first kappa shape index (κ1) is 12.2. The molecule has 1 aromatic heterocycles. The Bertz CT molecular complexity index is 296. The van der Waals surface area contributed by atoms with Gasteiger partial charge in [-0.25, -0.2) is 0 Å². The second kappa shape index (κ2) is 5.31. The number of aliphatic hydroxyl groups is 1. The third kappa shape index (κ3) is 2.81. The maximum Gasteiger partial charge on any atom is 0.0683 e. The van der Waals surface area contributed by atoms with Crippen molar-refractivity contribution in [3.05, 3.63) is 18.0 Å². The summed E-state index contributed by atoms with van der Waals surface area (Å²) in [5, 5.41) is 13.3. The lowest BCUT2D eigenvalue weighted by atomic mass is 9.80. The van der Waals surface area contributed by atoms with E-state index in [-0.39, 0.29) is 12.0 Å². The number of aliphatic hydroxyl groups excluding tert-OH is 1. The van der Waals surface area contributed by atoms with Crippen LogP contribution in [0.5, 0.6) is 0 Å². The minimum absolute atomic E-state index is 0.151. The molecule has 3 nitrogen and oxygen atoms in total. The van der Waals surface area contributed by atoms with Crippen LogP contribution in [0.3, 0.4) is 0 Å². The molecule has 1 N–H and O–H groups in total. The van der Waals surface area contributed by atoms with Crippen LogP contribution in [0.4, 0.5) is 0 Å². The molecule has 1 atom stereocenters. The number of hydrogen-bond donors (Lipinski definition) is 1. The molecule has 15 heavy (non-hydrogen) atoms. The zero-order chi connectivity index (χ0) is 11.3. The van der Waals surface area contributed by atoms with Crippen molar-refractivity contribution in [3.63, 3.8) is 0 Å². The predicted molar refractivity (Wildman–Crippen MR) is 61.9 cm³/mol. The summed E-state index contributed by atoms with van der Waals surface area (Å²) < 4.78 is 1.82. The molecular weight excluding hydrogens is 188 g/mol. The SMILES string of the molecule is CCCC(C)(CC)c1ccn(CCO)n1. The molecule has 0 aliphatic carbocycles. The summed E-state index contributed by atoms with van der Waals surface area (Å²) in [7, 11) is 0. The first-order valence-electron chi connectivity index (χ1n) is 5.81. The van der Waals surface area contributed by atoms with Crippen LogP contribution < -0.4 is 0 Å². The van der Waals surface area contributed by atoms with Gasteiger partial charge in [0.1, 0.15) is 0 Å². The zero-order valence-corrected chi connectivity index (χ0v) is 10.0. The Hall–Kier alpha value is -0.830. The zero-order valence-electron chi connectivity index (χ0n) is 10.0. The Morgan fingerprint density at radius 3 is 2.73 bits per heavy atom. The van der Waals surface area contributed by atoms with Crippen LogP contribution in [-0.2, 0) is 12.0 Å². The highest BCUT2D eigenvalue weighted by Crippen LogP contribution is 2.30. The molecule has 0 aliphatic heterocycles. The van der Waals surface area contributed by atoms with Crippen molar-refractivity contribution in [2.45, 2.75) is 52.0 Å². The summed E-state index contributed by atoms with van der Waals surface area (Å²) in [5.41, 5.74) is 1.34. The fourth-order valence-electron chi connectivity index (χ4n) is 1.95. The molecule has 1 aromatic rings. The summed E-state index contributed by atoms with van der Waals surface area (Å²) in [6.45, 7) is 7.42. The van der Waals surface area contributed by atoms with Crippen molar-refractivity contribution in [1.82, 2.24) is 9.78 Å². The molecule has 0 saturated carbocycles. The van der Waals surface area contributed by atoms with Crippen LogP contribution in [0.1, 0.15) is 45.7 Å². The minimum Gasteiger partial charge on any atom is -0.394 e. The van der Waals surface area contributed by atoms with Crippen LogP contribution in [0.15, 0.2) is 12.3 Å². The average molecular weight is 210 g/mol. The summed E-state index contributed by atoms with van der Waals surface area (Å²) in [6.07, 6.45) is 5.41. The number of hydrogen-bond acceptors (Lipinski definition) is 2. The number of nitrogens with zero attached hydrogens (tertiary/aromatic N) is 2. The van der Waals surface area contributed by atoms with Crippen molar-refractivity contribution in [1.29, 1.82) is 0 Å². The Balaban J connectivity index is 2.82.